The van der Waals surface area contributed by atoms with Crippen molar-refractivity contribution in [1.29, 1.82) is 0 Å². The molecule has 3 aromatic rings. The molecule has 0 bridgehead atoms. The number of hydrogen-bond donors (Lipinski definition) is 0. The van der Waals surface area contributed by atoms with E-state index in [1.165, 1.54) is 18.2 Å². The van der Waals surface area contributed by atoms with Gasteiger partial charge in [-0.05, 0) is 50.2 Å². The Bertz CT molecular complexity index is 1030. The van der Waals surface area contributed by atoms with Gasteiger partial charge in [0.05, 0.1) is 15.1 Å². The molecule has 0 unspecified atom stereocenters. The van der Waals surface area contributed by atoms with Crippen molar-refractivity contribution in [2.75, 3.05) is 6.61 Å². The lowest BCUT2D eigenvalue weighted by molar-refractivity contribution is 0.0921. The molecule has 0 fully saturated rings. The third kappa shape index (κ3) is 4.13. The molecule has 0 amide bonds. The Morgan fingerprint density at radius 2 is 1.74 bits per heavy atom. The lowest BCUT2D eigenvalue weighted by Crippen LogP contribution is -2.12. The van der Waals surface area contributed by atoms with E-state index in [-0.39, 0.29) is 17.4 Å². The molecule has 7 heteroatoms. The second kappa shape index (κ2) is 7.93. The van der Waals surface area contributed by atoms with E-state index in [9.17, 15) is 9.18 Å². The first-order valence-corrected chi connectivity index (χ1v) is 9.16. The molecule has 140 valence electrons. The van der Waals surface area contributed by atoms with E-state index in [0.717, 1.165) is 17.1 Å². The maximum absolute atomic E-state index is 13.2. The highest BCUT2D eigenvalue weighted by atomic mass is 35.5. The van der Waals surface area contributed by atoms with E-state index < -0.39 is 5.82 Å². The fourth-order valence-corrected chi connectivity index (χ4v) is 3.32. The monoisotopic (exact) mass is 425 g/mol. The van der Waals surface area contributed by atoms with Crippen molar-refractivity contribution in [3.05, 3.63) is 80.3 Å². The number of carbonyl (C=O) groups excluding carboxylic acids is 1. The lowest BCUT2D eigenvalue weighted by Gasteiger charge is -2.11. The number of benzene rings is 2. The van der Waals surface area contributed by atoms with Crippen LogP contribution in [0.25, 0.3) is 5.69 Å². The first kappa shape index (κ1) is 19.7. The summed E-state index contributed by atoms with van der Waals surface area (Å²) in [5.41, 5.74) is 2.98. The fourth-order valence-electron chi connectivity index (χ4n) is 2.86. The minimum Gasteiger partial charge on any atom is -0.485 e. The largest absolute Gasteiger partial charge is 0.485 e. The summed E-state index contributed by atoms with van der Waals surface area (Å²) in [4.78, 5) is 12.6. The summed E-state index contributed by atoms with van der Waals surface area (Å²) < 4.78 is 20.6. The molecular weight excluding hydrogens is 412 g/mol. The summed E-state index contributed by atoms with van der Waals surface area (Å²) in [5, 5.41) is 0.842. The van der Waals surface area contributed by atoms with E-state index >= 15 is 0 Å². The van der Waals surface area contributed by atoms with Crippen molar-refractivity contribution >= 4 is 40.6 Å². The van der Waals surface area contributed by atoms with E-state index in [2.05, 4.69) is 0 Å². The third-order valence-electron chi connectivity index (χ3n) is 4.15. The number of halogens is 4. The molecule has 0 saturated heterocycles. The van der Waals surface area contributed by atoms with Crippen LogP contribution in [0, 0.1) is 19.7 Å². The highest BCUT2D eigenvalue weighted by Gasteiger charge is 2.18. The van der Waals surface area contributed by atoms with Crippen LogP contribution >= 0.6 is 34.8 Å². The summed E-state index contributed by atoms with van der Waals surface area (Å²) in [5.74, 6) is -0.414. The highest BCUT2D eigenvalue weighted by Crippen LogP contribution is 2.28. The summed E-state index contributed by atoms with van der Waals surface area (Å²) in [6.07, 6.45) is 0. The number of ketones is 1. The summed E-state index contributed by atoms with van der Waals surface area (Å²) >= 11 is 17.8. The van der Waals surface area contributed by atoms with Crippen LogP contribution in [-0.4, -0.2) is 17.0 Å². The van der Waals surface area contributed by atoms with Gasteiger partial charge in [-0.15, -0.1) is 0 Å². The van der Waals surface area contributed by atoms with Gasteiger partial charge >= 0.3 is 0 Å². The predicted octanol–water partition coefficient (Wildman–Crippen LogP) is 6.46. The normalized spacial score (nSPS) is 10.9. The van der Waals surface area contributed by atoms with Gasteiger partial charge in [-0.3, -0.25) is 4.79 Å². The molecule has 0 spiro atoms. The maximum Gasteiger partial charge on any atom is 0.202 e. The average Bonchev–Trinajstić information content (AvgIpc) is 2.93. The van der Waals surface area contributed by atoms with Gasteiger partial charge in [0.2, 0.25) is 5.78 Å². The average molecular weight is 427 g/mol. The number of carbonyl (C=O) groups is 1. The zero-order valence-electron chi connectivity index (χ0n) is 14.5. The number of aryl methyl sites for hydroxylation is 1. The van der Waals surface area contributed by atoms with Gasteiger partial charge in [0.25, 0.3) is 0 Å². The molecule has 0 N–H and O–H groups in total. The fraction of sp³-hybridized carbons (Fsp3) is 0.150. The zero-order valence-corrected chi connectivity index (χ0v) is 16.8. The summed E-state index contributed by atoms with van der Waals surface area (Å²) in [6.45, 7) is 3.55. The molecule has 3 nitrogen and oxygen atoms in total. The van der Waals surface area contributed by atoms with Crippen LogP contribution in [0.5, 0.6) is 5.75 Å². The second-order valence-electron chi connectivity index (χ2n) is 6.01. The van der Waals surface area contributed by atoms with Crippen LogP contribution in [0.15, 0.2) is 42.5 Å². The predicted molar refractivity (Wildman–Crippen MR) is 106 cm³/mol. The molecule has 3 rings (SSSR count). The lowest BCUT2D eigenvalue weighted by atomic mass is 10.1. The smallest absolute Gasteiger partial charge is 0.202 e. The van der Waals surface area contributed by atoms with E-state index in [4.69, 9.17) is 39.5 Å². The first-order chi connectivity index (χ1) is 12.8. The van der Waals surface area contributed by atoms with Gasteiger partial charge in [-0.2, -0.15) is 0 Å². The molecule has 0 aliphatic rings. The SMILES string of the molecule is Cc1cc(C(=O)COc2ccc(F)c(Cl)c2)c(C)n1-c1ccc(Cl)c(Cl)c1. The topological polar surface area (TPSA) is 31.2 Å². The van der Waals surface area contributed by atoms with Crippen molar-refractivity contribution in [3.8, 4) is 11.4 Å². The van der Waals surface area contributed by atoms with Crippen LogP contribution in [0.4, 0.5) is 4.39 Å². The molecule has 0 radical (unpaired) electrons. The van der Waals surface area contributed by atoms with Crippen LogP contribution in [0.3, 0.4) is 0 Å². The maximum atomic E-state index is 13.2. The molecular formula is C20H15Cl3FNO2. The molecule has 1 heterocycles. The Morgan fingerprint density at radius 1 is 1.00 bits per heavy atom. The summed E-state index contributed by atoms with van der Waals surface area (Å²) in [7, 11) is 0. The Hall–Kier alpha value is -2.01. The number of hydrogen-bond acceptors (Lipinski definition) is 2. The Kier molecular flexibility index (Phi) is 5.80. The molecule has 0 atom stereocenters. The first-order valence-electron chi connectivity index (χ1n) is 8.03. The van der Waals surface area contributed by atoms with Crippen molar-refractivity contribution in [2.24, 2.45) is 0 Å². The Labute approximate surface area is 171 Å². The number of nitrogens with zero attached hydrogens (tertiary/aromatic N) is 1. The van der Waals surface area contributed by atoms with Gasteiger partial charge in [-0.25, -0.2) is 4.39 Å². The van der Waals surface area contributed by atoms with Crippen LogP contribution in [0.1, 0.15) is 21.7 Å². The van der Waals surface area contributed by atoms with Crippen LogP contribution in [0.2, 0.25) is 15.1 Å². The van der Waals surface area contributed by atoms with E-state index in [1.807, 2.05) is 24.5 Å². The Morgan fingerprint density at radius 3 is 2.41 bits per heavy atom. The van der Waals surface area contributed by atoms with E-state index in [0.29, 0.717) is 21.4 Å². The van der Waals surface area contributed by atoms with E-state index in [1.54, 1.807) is 18.2 Å². The zero-order chi connectivity index (χ0) is 19.7. The van der Waals surface area contributed by atoms with Crippen molar-refractivity contribution in [1.82, 2.24) is 4.57 Å². The minimum absolute atomic E-state index is 0.0576. The van der Waals surface area contributed by atoms with Gasteiger partial charge in [0, 0.05) is 28.7 Å². The molecule has 27 heavy (non-hydrogen) atoms. The van der Waals surface area contributed by atoms with Crippen molar-refractivity contribution < 1.29 is 13.9 Å². The van der Waals surface area contributed by atoms with Crippen molar-refractivity contribution in [3.63, 3.8) is 0 Å². The quantitative estimate of drug-likeness (QED) is 0.439. The molecule has 0 aliphatic heterocycles. The van der Waals surface area contributed by atoms with Crippen LogP contribution < -0.4 is 4.74 Å². The second-order valence-corrected chi connectivity index (χ2v) is 7.23. The van der Waals surface area contributed by atoms with Gasteiger partial charge in [0.15, 0.2) is 6.61 Å². The summed E-state index contributed by atoms with van der Waals surface area (Å²) in [6, 6.07) is 11.0. The third-order valence-corrected chi connectivity index (χ3v) is 5.18. The number of aromatic nitrogens is 1. The van der Waals surface area contributed by atoms with Crippen molar-refractivity contribution in [2.45, 2.75) is 13.8 Å². The molecule has 0 aliphatic carbocycles. The standard InChI is InChI=1S/C20H15Cl3FNO2/c1-11-7-15(12(2)25(11)13-3-5-16(21)17(22)8-13)20(26)10-27-14-4-6-19(24)18(23)9-14/h3-9H,10H2,1-2H3. The number of Topliss-reactive ketones (excluding diaryl/α,β-unsaturated/α-hetero) is 1. The number of rotatable bonds is 5. The highest BCUT2D eigenvalue weighted by molar-refractivity contribution is 6.42. The molecule has 1 aromatic heterocycles. The molecule has 2 aromatic carbocycles. The minimum atomic E-state index is -0.541. The van der Waals surface area contributed by atoms with Crippen LogP contribution in [-0.2, 0) is 0 Å². The molecule has 0 saturated carbocycles. The van der Waals surface area contributed by atoms with Gasteiger partial charge in [-0.1, -0.05) is 34.8 Å². The van der Waals surface area contributed by atoms with Gasteiger partial charge in [0.1, 0.15) is 11.6 Å². The Balaban J connectivity index is 1.83. The number of ether oxygens (including phenoxy) is 1. The van der Waals surface area contributed by atoms with Gasteiger partial charge < -0.3 is 9.30 Å².